The number of carbonyl (C=O) groups excluding carboxylic acids is 1. The lowest BCUT2D eigenvalue weighted by Crippen LogP contribution is -2.25. The highest BCUT2D eigenvalue weighted by atomic mass is 32.2. The fourth-order valence-corrected chi connectivity index (χ4v) is 3.72. The largest absolute Gasteiger partial charge is 0.370 e. The number of hydrogen-bond donors (Lipinski definition) is 2. The van der Waals surface area contributed by atoms with Gasteiger partial charge in [0.1, 0.15) is 11.6 Å². The summed E-state index contributed by atoms with van der Waals surface area (Å²) in [6, 6.07) is 15.8. The Bertz CT molecular complexity index is 1050. The number of anilines is 1. The van der Waals surface area contributed by atoms with Crippen molar-refractivity contribution < 1.29 is 14.1 Å². The first-order chi connectivity index (χ1) is 15.0. The molecule has 0 fully saturated rings. The lowest BCUT2D eigenvalue weighted by molar-refractivity contribution is -0.384. The Hall–Kier alpha value is -3.46. The van der Waals surface area contributed by atoms with Crippen LogP contribution in [0, 0.1) is 15.9 Å². The van der Waals surface area contributed by atoms with Crippen LogP contribution < -0.4 is 10.6 Å². The molecule has 0 bridgehead atoms. The molecule has 0 aliphatic heterocycles. The van der Waals surface area contributed by atoms with Gasteiger partial charge in [0.05, 0.1) is 10.5 Å². The van der Waals surface area contributed by atoms with Gasteiger partial charge in [-0.1, -0.05) is 30.0 Å². The third kappa shape index (κ3) is 6.51. The van der Waals surface area contributed by atoms with Gasteiger partial charge >= 0.3 is 0 Å². The van der Waals surface area contributed by atoms with Crippen molar-refractivity contribution in [3.63, 3.8) is 0 Å². The smallest absolute Gasteiger partial charge is 0.270 e. The highest BCUT2D eigenvalue weighted by Crippen LogP contribution is 2.34. The first-order valence-electron chi connectivity index (χ1n) is 9.68. The third-order valence-corrected chi connectivity index (χ3v) is 5.46. The summed E-state index contributed by atoms with van der Waals surface area (Å²) in [6.45, 7) is 1.12. The van der Waals surface area contributed by atoms with Crippen LogP contribution in [0.2, 0.25) is 0 Å². The van der Waals surface area contributed by atoms with Crippen molar-refractivity contribution in [3.8, 4) is 0 Å². The maximum atomic E-state index is 14.0. The van der Waals surface area contributed by atoms with Gasteiger partial charge < -0.3 is 10.6 Å². The molecule has 0 aliphatic rings. The quantitative estimate of drug-likeness (QED) is 0.264. The molecular weight excluding hydrogens is 419 g/mol. The summed E-state index contributed by atoms with van der Waals surface area (Å²) >= 11 is 1.06. The fraction of sp³-hybridized carbons (Fsp3) is 0.182. The molecule has 1 heterocycles. The van der Waals surface area contributed by atoms with Crippen LogP contribution in [0.4, 0.5) is 15.9 Å². The summed E-state index contributed by atoms with van der Waals surface area (Å²) < 4.78 is 14.0. The summed E-state index contributed by atoms with van der Waals surface area (Å²) in [5, 5.41) is 17.1. The van der Waals surface area contributed by atoms with Crippen LogP contribution in [-0.4, -0.2) is 28.9 Å². The lowest BCUT2D eigenvalue weighted by Gasteiger charge is -2.11. The Morgan fingerprint density at radius 2 is 1.81 bits per heavy atom. The van der Waals surface area contributed by atoms with E-state index in [1.54, 1.807) is 24.4 Å². The zero-order valence-corrected chi connectivity index (χ0v) is 17.4. The second-order valence-corrected chi connectivity index (χ2v) is 7.66. The number of nitro groups is 1. The number of nitro benzene ring substituents is 1. The van der Waals surface area contributed by atoms with Crippen molar-refractivity contribution in [1.82, 2.24) is 10.3 Å². The van der Waals surface area contributed by atoms with Crippen molar-refractivity contribution in [2.75, 3.05) is 18.4 Å². The number of rotatable bonds is 10. The van der Waals surface area contributed by atoms with Crippen molar-refractivity contribution in [3.05, 3.63) is 88.4 Å². The van der Waals surface area contributed by atoms with Crippen molar-refractivity contribution in [2.45, 2.75) is 22.6 Å². The number of hydrogen-bond acceptors (Lipinski definition) is 6. The molecule has 2 aromatic carbocycles. The minimum Gasteiger partial charge on any atom is -0.370 e. The van der Waals surface area contributed by atoms with Gasteiger partial charge in [0.15, 0.2) is 0 Å². The van der Waals surface area contributed by atoms with E-state index >= 15 is 0 Å². The molecule has 9 heteroatoms. The van der Waals surface area contributed by atoms with Gasteiger partial charge in [0.25, 0.3) is 11.6 Å². The van der Waals surface area contributed by atoms with Gasteiger partial charge in [-0.25, -0.2) is 9.37 Å². The minimum atomic E-state index is -0.558. The molecule has 0 spiro atoms. The number of nitrogens with one attached hydrogen (secondary N) is 2. The lowest BCUT2D eigenvalue weighted by atomic mass is 10.2. The molecule has 1 aromatic heterocycles. The number of nitrogens with zero attached hydrogens (tertiary/aromatic N) is 2. The molecule has 1 amide bonds. The first kappa shape index (κ1) is 22.2. The molecule has 3 rings (SSSR count). The summed E-state index contributed by atoms with van der Waals surface area (Å²) in [4.78, 5) is 28.2. The fourth-order valence-electron chi connectivity index (χ4n) is 2.77. The Kier molecular flexibility index (Phi) is 7.94. The van der Waals surface area contributed by atoms with Gasteiger partial charge in [0, 0.05) is 41.2 Å². The molecule has 0 radical (unpaired) electrons. The van der Waals surface area contributed by atoms with Crippen LogP contribution in [0.3, 0.4) is 0 Å². The van der Waals surface area contributed by atoms with E-state index in [1.165, 1.54) is 24.3 Å². The van der Waals surface area contributed by atoms with Crippen molar-refractivity contribution >= 4 is 29.2 Å². The zero-order valence-electron chi connectivity index (χ0n) is 16.6. The molecular formula is C22H21FN4O3S. The van der Waals surface area contributed by atoms with Gasteiger partial charge in [-0.05, 0) is 43.2 Å². The van der Waals surface area contributed by atoms with E-state index < -0.39 is 16.6 Å². The average Bonchev–Trinajstić information content (AvgIpc) is 2.78. The number of benzene rings is 2. The average molecular weight is 441 g/mol. The van der Waals surface area contributed by atoms with E-state index in [-0.39, 0.29) is 11.3 Å². The maximum absolute atomic E-state index is 14.0. The number of pyridine rings is 1. The monoisotopic (exact) mass is 440 g/mol. The standard InChI is InChI=1S/C22H21FN4O3S/c23-18-7-1-2-8-20(18)31-19-11-10-16(27(29)30)15-17(19)22(28)26-14-6-5-13-25-21-9-3-4-12-24-21/h1-4,7-12,15H,5-6,13-14H2,(H,24,25)(H,26,28). The molecule has 0 aliphatic carbocycles. The molecule has 0 saturated heterocycles. The molecule has 0 saturated carbocycles. The molecule has 3 aromatic rings. The Morgan fingerprint density at radius 1 is 1.03 bits per heavy atom. The highest BCUT2D eigenvalue weighted by molar-refractivity contribution is 7.99. The Balaban J connectivity index is 1.59. The topological polar surface area (TPSA) is 97.2 Å². The van der Waals surface area contributed by atoms with E-state index in [0.29, 0.717) is 22.9 Å². The number of carbonyl (C=O) groups is 1. The molecule has 160 valence electrons. The highest BCUT2D eigenvalue weighted by Gasteiger charge is 2.18. The molecule has 0 unspecified atom stereocenters. The number of aromatic nitrogens is 1. The van der Waals surface area contributed by atoms with Crippen LogP contribution in [0.1, 0.15) is 23.2 Å². The summed E-state index contributed by atoms with van der Waals surface area (Å²) in [6.07, 6.45) is 3.23. The summed E-state index contributed by atoms with van der Waals surface area (Å²) in [5.41, 5.74) is -0.0448. The first-order valence-corrected chi connectivity index (χ1v) is 10.5. The Morgan fingerprint density at radius 3 is 2.55 bits per heavy atom. The van der Waals surface area contributed by atoms with E-state index in [9.17, 15) is 19.3 Å². The van der Waals surface area contributed by atoms with E-state index in [4.69, 9.17) is 0 Å². The van der Waals surface area contributed by atoms with Gasteiger partial charge in [-0.3, -0.25) is 14.9 Å². The van der Waals surface area contributed by atoms with Crippen LogP contribution in [0.5, 0.6) is 0 Å². The van der Waals surface area contributed by atoms with Crippen molar-refractivity contribution in [1.29, 1.82) is 0 Å². The van der Waals surface area contributed by atoms with Gasteiger partial charge in [-0.15, -0.1) is 0 Å². The number of amides is 1. The second-order valence-electron chi connectivity index (χ2n) is 6.57. The normalized spacial score (nSPS) is 10.5. The van der Waals surface area contributed by atoms with Crippen LogP contribution in [0.15, 0.2) is 76.7 Å². The predicted octanol–water partition coefficient (Wildman–Crippen LogP) is 4.90. The number of non-ortho nitro benzene ring substituents is 1. The summed E-state index contributed by atoms with van der Waals surface area (Å²) in [5.74, 6) is -0.0595. The predicted molar refractivity (Wildman–Crippen MR) is 118 cm³/mol. The van der Waals surface area contributed by atoms with Gasteiger partial charge in [0.2, 0.25) is 0 Å². The number of unbranched alkanes of at least 4 members (excludes halogenated alkanes) is 1. The summed E-state index contributed by atoms with van der Waals surface area (Å²) in [7, 11) is 0. The second kappa shape index (κ2) is 11.1. The molecule has 0 atom stereocenters. The Labute approximate surface area is 183 Å². The van der Waals surface area contributed by atoms with Gasteiger partial charge in [-0.2, -0.15) is 0 Å². The SMILES string of the molecule is O=C(NCCCCNc1ccccn1)c1cc([N+](=O)[O-])ccc1Sc1ccccc1F. The van der Waals surface area contributed by atoms with Crippen LogP contribution in [0.25, 0.3) is 0 Å². The van der Waals surface area contributed by atoms with E-state index in [2.05, 4.69) is 15.6 Å². The van der Waals surface area contributed by atoms with E-state index in [1.807, 2.05) is 18.2 Å². The zero-order chi connectivity index (χ0) is 22.1. The van der Waals surface area contributed by atoms with E-state index in [0.717, 1.165) is 30.4 Å². The molecule has 7 nitrogen and oxygen atoms in total. The minimum absolute atomic E-state index is 0.147. The van der Waals surface area contributed by atoms with Crippen LogP contribution in [-0.2, 0) is 0 Å². The van der Waals surface area contributed by atoms with Crippen molar-refractivity contribution in [2.24, 2.45) is 0 Å². The maximum Gasteiger partial charge on any atom is 0.270 e. The van der Waals surface area contributed by atoms with Crippen LogP contribution >= 0.6 is 11.8 Å². The molecule has 2 N–H and O–H groups in total. The third-order valence-electron chi connectivity index (χ3n) is 4.34. The molecule has 31 heavy (non-hydrogen) atoms. The number of halogens is 1.